The van der Waals surface area contributed by atoms with Gasteiger partial charge >= 0.3 is 0 Å². The molecule has 3 N–H and O–H groups in total. The third-order valence-corrected chi connectivity index (χ3v) is 3.69. The van der Waals surface area contributed by atoms with Crippen LogP contribution in [-0.2, 0) is 13.0 Å². The van der Waals surface area contributed by atoms with E-state index in [1.165, 1.54) is 6.07 Å². The van der Waals surface area contributed by atoms with E-state index in [-0.39, 0.29) is 36.1 Å². The van der Waals surface area contributed by atoms with Crippen LogP contribution in [0.5, 0.6) is 0 Å². The Morgan fingerprint density at radius 2 is 2.08 bits per heavy atom. The second-order valence-electron chi connectivity index (χ2n) is 5.48. The number of hydrogen-bond donors (Lipinski definition) is 3. The molecule has 0 radical (unpaired) electrons. The largest absolute Gasteiger partial charge is 0.386 e. The van der Waals surface area contributed by atoms with Crippen molar-refractivity contribution < 1.29 is 9.50 Å². The average molecular weight is 476 g/mol. The molecule has 0 bridgehead atoms. The lowest BCUT2D eigenvalue weighted by Crippen LogP contribution is -2.39. The molecule has 0 saturated heterocycles. The summed E-state index contributed by atoms with van der Waals surface area (Å²) in [6.45, 7) is 6.09. The van der Waals surface area contributed by atoms with E-state index in [9.17, 15) is 9.50 Å². The third-order valence-electron chi connectivity index (χ3n) is 3.69. The first-order valence-electron chi connectivity index (χ1n) is 8.47. The Bertz CT molecular complexity index is 693. The van der Waals surface area contributed by atoms with E-state index in [0.29, 0.717) is 25.6 Å². The lowest BCUT2D eigenvalue weighted by atomic mass is 10.1. The van der Waals surface area contributed by atoms with E-state index in [1.807, 2.05) is 18.4 Å². The van der Waals surface area contributed by atoms with E-state index >= 15 is 0 Å². The highest BCUT2D eigenvalue weighted by Gasteiger charge is 2.12. The van der Waals surface area contributed by atoms with E-state index in [2.05, 4.69) is 25.8 Å². The molecule has 7 nitrogen and oxygen atoms in total. The minimum Gasteiger partial charge on any atom is -0.386 e. The van der Waals surface area contributed by atoms with Gasteiger partial charge in [0, 0.05) is 31.6 Å². The van der Waals surface area contributed by atoms with Crippen LogP contribution in [0.15, 0.2) is 35.6 Å². The molecule has 9 heteroatoms. The van der Waals surface area contributed by atoms with Crippen molar-refractivity contribution in [1.29, 1.82) is 0 Å². The maximum Gasteiger partial charge on any atom is 0.191 e. The Kier molecular flexibility index (Phi) is 10.1. The molecule has 0 fully saturated rings. The van der Waals surface area contributed by atoms with Gasteiger partial charge in [-0.1, -0.05) is 25.1 Å². The minimum atomic E-state index is -0.985. The predicted octanol–water partition coefficient (Wildman–Crippen LogP) is 1.89. The number of aryl methyl sites for hydroxylation is 1. The van der Waals surface area contributed by atoms with Gasteiger partial charge in [-0.3, -0.25) is 4.99 Å². The van der Waals surface area contributed by atoms with Gasteiger partial charge in [0.1, 0.15) is 24.1 Å². The van der Waals surface area contributed by atoms with Gasteiger partial charge in [0.25, 0.3) is 0 Å². The molecule has 1 unspecified atom stereocenters. The Morgan fingerprint density at radius 3 is 2.77 bits per heavy atom. The van der Waals surface area contributed by atoms with Gasteiger partial charge in [-0.25, -0.2) is 4.39 Å². The summed E-state index contributed by atoms with van der Waals surface area (Å²) in [4.78, 5) is 4.33. The number of aliphatic hydroxyl groups is 1. The molecule has 0 aliphatic heterocycles. The normalized spacial score (nSPS) is 12.4. The number of hydrogen-bond acceptors (Lipinski definition) is 4. The molecular weight excluding hydrogens is 450 g/mol. The fourth-order valence-electron chi connectivity index (χ4n) is 2.40. The van der Waals surface area contributed by atoms with Crippen LogP contribution < -0.4 is 10.6 Å². The quantitative estimate of drug-likeness (QED) is 0.308. The van der Waals surface area contributed by atoms with Crippen molar-refractivity contribution in [2.24, 2.45) is 4.99 Å². The van der Waals surface area contributed by atoms with Crippen molar-refractivity contribution in [3.63, 3.8) is 0 Å². The van der Waals surface area contributed by atoms with Crippen LogP contribution in [0.4, 0.5) is 4.39 Å². The van der Waals surface area contributed by atoms with Crippen LogP contribution in [-0.4, -0.2) is 45.5 Å². The Morgan fingerprint density at radius 1 is 1.31 bits per heavy atom. The van der Waals surface area contributed by atoms with Crippen LogP contribution >= 0.6 is 24.0 Å². The Balaban J connectivity index is 0.00000338. The Labute approximate surface area is 170 Å². The van der Waals surface area contributed by atoms with Gasteiger partial charge in [0.15, 0.2) is 5.96 Å². The molecule has 1 aromatic carbocycles. The summed E-state index contributed by atoms with van der Waals surface area (Å²) in [6, 6.07) is 6.18. The zero-order valence-electron chi connectivity index (χ0n) is 15.0. The molecule has 26 heavy (non-hydrogen) atoms. The smallest absolute Gasteiger partial charge is 0.191 e. The van der Waals surface area contributed by atoms with Gasteiger partial charge in [0.2, 0.25) is 0 Å². The lowest BCUT2D eigenvalue weighted by Gasteiger charge is -2.14. The van der Waals surface area contributed by atoms with Crippen LogP contribution in [0.2, 0.25) is 0 Å². The molecule has 144 valence electrons. The minimum absolute atomic E-state index is 0. The monoisotopic (exact) mass is 476 g/mol. The molecule has 0 aliphatic carbocycles. The van der Waals surface area contributed by atoms with E-state index in [1.54, 1.807) is 24.5 Å². The molecule has 0 spiro atoms. The van der Waals surface area contributed by atoms with Gasteiger partial charge in [-0.15, -0.1) is 34.2 Å². The lowest BCUT2D eigenvalue weighted by molar-refractivity contribution is 0.182. The van der Waals surface area contributed by atoms with Crippen molar-refractivity contribution in [1.82, 2.24) is 25.4 Å². The molecule has 1 heterocycles. The fourth-order valence-corrected chi connectivity index (χ4v) is 2.40. The zero-order valence-corrected chi connectivity index (χ0v) is 17.4. The number of halogens is 2. The predicted molar refractivity (Wildman–Crippen MR) is 110 cm³/mol. The molecule has 1 atom stereocenters. The standard InChI is InChI=1S/C17H25FN6O.HI/c1-3-16-23-22-12-24(16)10-9-20-17(19-4-2)21-11-15(25)13-7-5-6-8-14(13)18;/h5-8,12,15,25H,3-4,9-11H2,1-2H3,(H2,19,20,21);1H. The summed E-state index contributed by atoms with van der Waals surface area (Å²) < 4.78 is 15.7. The summed E-state index contributed by atoms with van der Waals surface area (Å²) >= 11 is 0. The molecule has 1 aromatic heterocycles. The van der Waals surface area contributed by atoms with Crippen LogP contribution in [0.3, 0.4) is 0 Å². The summed E-state index contributed by atoms with van der Waals surface area (Å²) in [6.07, 6.45) is 1.54. The second-order valence-corrected chi connectivity index (χ2v) is 5.48. The van der Waals surface area contributed by atoms with Crippen molar-refractivity contribution in [2.75, 3.05) is 19.6 Å². The molecule has 2 rings (SSSR count). The summed E-state index contributed by atoms with van der Waals surface area (Å²) in [5.41, 5.74) is 0.249. The maximum absolute atomic E-state index is 13.7. The van der Waals surface area contributed by atoms with Crippen molar-refractivity contribution in [2.45, 2.75) is 32.9 Å². The topological polar surface area (TPSA) is 87.4 Å². The number of benzene rings is 1. The highest BCUT2D eigenvalue weighted by Crippen LogP contribution is 2.16. The van der Waals surface area contributed by atoms with Crippen LogP contribution in [0.25, 0.3) is 0 Å². The van der Waals surface area contributed by atoms with Gasteiger partial charge in [-0.2, -0.15) is 0 Å². The number of nitrogens with zero attached hydrogens (tertiary/aromatic N) is 4. The Hall–Kier alpha value is -1.75. The third kappa shape index (κ3) is 6.52. The second kappa shape index (κ2) is 11.8. The SMILES string of the molecule is CCNC(=NCC(O)c1ccccc1F)NCCn1cnnc1CC.I. The summed E-state index contributed by atoms with van der Waals surface area (Å²) in [5, 5.41) is 24.4. The van der Waals surface area contributed by atoms with Crippen LogP contribution in [0, 0.1) is 5.82 Å². The average Bonchev–Trinajstić information content (AvgIpc) is 3.07. The highest BCUT2D eigenvalue weighted by molar-refractivity contribution is 14.0. The number of aliphatic imine (C=N–C) groups is 1. The molecule has 0 aliphatic rings. The van der Waals surface area contributed by atoms with Gasteiger partial charge < -0.3 is 20.3 Å². The van der Waals surface area contributed by atoms with Crippen molar-refractivity contribution in [3.8, 4) is 0 Å². The zero-order chi connectivity index (χ0) is 18.1. The van der Waals surface area contributed by atoms with E-state index in [4.69, 9.17) is 0 Å². The number of rotatable bonds is 8. The van der Waals surface area contributed by atoms with E-state index < -0.39 is 11.9 Å². The molecular formula is C17H26FIN6O. The first-order chi connectivity index (χ1) is 12.2. The fraction of sp³-hybridized carbons (Fsp3) is 0.471. The van der Waals surface area contributed by atoms with Crippen molar-refractivity contribution in [3.05, 3.63) is 47.8 Å². The number of aromatic nitrogens is 3. The number of guanidine groups is 1. The van der Waals surface area contributed by atoms with Gasteiger partial charge in [0.05, 0.1) is 6.54 Å². The number of nitrogens with one attached hydrogen (secondary N) is 2. The maximum atomic E-state index is 13.7. The van der Waals surface area contributed by atoms with Crippen molar-refractivity contribution >= 4 is 29.9 Å². The van der Waals surface area contributed by atoms with Crippen LogP contribution in [0.1, 0.15) is 31.3 Å². The number of aliphatic hydroxyl groups excluding tert-OH is 1. The first kappa shape index (κ1) is 22.3. The summed E-state index contributed by atoms with van der Waals surface area (Å²) in [5.74, 6) is 1.07. The van der Waals surface area contributed by atoms with Gasteiger partial charge in [-0.05, 0) is 13.0 Å². The van der Waals surface area contributed by atoms with E-state index in [0.717, 1.165) is 12.2 Å². The highest BCUT2D eigenvalue weighted by atomic mass is 127. The first-order valence-corrected chi connectivity index (χ1v) is 8.47. The molecule has 2 aromatic rings. The summed E-state index contributed by atoms with van der Waals surface area (Å²) in [7, 11) is 0. The molecule has 0 saturated carbocycles. The molecule has 0 amide bonds.